The fraction of sp³-hybridized carbons (Fsp3) is 0.250. The fourth-order valence-electron chi connectivity index (χ4n) is 2.26. The van der Waals surface area contributed by atoms with Crippen molar-refractivity contribution in [1.29, 1.82) is 0 Å². The van der Waals surface area contributed by atoms with Crippen LogP contribution in [-0.4, -0.2) is 20.2 Å². The summed E-state index contributed by atoms with van der Waals surface area (Å²) in [5.41, 5.74) is 3.78. The number of sulfone groups is 1. The van der Waals surface area contributed by atoms with Gasteiger partial charge in [0.15, 0.2) is 9.84 Å². The zero-order valence-electron chi connectivity index (χ0n) is 11.9. The van der Waals surface area contributed by atoms with Crippen LogP contribution in [0, 0.1) is 6.92 Å². The summed E-state index contributed by atoms with van der Waals surface area (Å²) in [5.74, 6) is 0. The van der Waals surface area contributed by atoms with Crippen LogP contribution < -0.4 is 5.48 Å². The number of hydroxylamine groups is 1. The molecule has 0 bridgehead atoms. The van der Waals surface area contributed by atoms with E-state index in [-0.39, 0.29) is 6.54 Å². The second-order valence-electron chi connectivity index (χ2n) is 4.95. The van der Waals surface area contributed by atoms with Gasteiger partial charge in [0.05, 0.1) is 10.1 Å². The molecular weight excluding hydrogens is 286 g/mol. The Morgan fingerprint density at radius 1 is 1.05 bits per heavy atom. The molecule has 0 heterocycles. The molecule has 2 rings (SSSR count). The van der Waals surface area contributed by atoms with Crippen LogP contribution in [-0.2, 0) is 9.84 Å². The fourth-order valence-corrected chi connectivity index (χ4v) is 4.04. The second kappa shape index (κ2) is 6.85. The Balaban J connectivity index is 2.42. The molecule has 5 heteroatoms. The first-order valence-corrected chi connectivity index (χ1v) is 8.33. The van der Waals surface area contributed by atoms with Gasteiger partial charge in [-0.05, 0) is 31.0 Å². The molecule has 0 saturated carbocycles. The third kappa shape index (κ3) is 3.69. The van der Waals surface area contributed by atoms with E-state index < -0.39 is 15.1 Å². The molecule has 0 aliphatic heterocycles. The van der Waals surface area contributed by atoms with Crippen molar-refractivity contribution in [2.24, 2.45) is 0 Å². The van der Waals surface area contributed by atoms with Gasteiger partial charge >= 0.3 is 0 Å². The van der Waals surface area contributed by atoms with Crippen molar-refractivity contribution < 1.29 is 13.6 Å². The zero-order chi connectivity index (χ0) is 15.3. The number of hydrogen-bond donors (Lipinski definition) is 2. The van der Waals surface area contributed by atoms with Crippen LogP contribution in [0.1, 0.15) is 22.8 Å². The summed E-state index contributed by atoms with van der Waals surface area (Å²) in [5, 5.41) is 8.11. The first kappa shape index (κ1) is 15.7. The summed E-state index contributed by atoms with van der Waals surface area (Å²) >= 11 is 0. The molecule has 112 valence electrons. The standard InChI is InChI=1S/C16H19NO3S/c1-13-7-9-15(10-8-13)21(19,20)16(11-12-17-18)14-5-3-2-4-6-14/h2-10,16-18H,11-12H2,1H3/t16-/m0/s1. The summed E-state index contributed by atoms with van der Waals surface area (Å²) in [4.78, 5) is 0.305. The largest absolute Gasteiger partial charge is 0.317 e. The molecule has 4 nitrogen and oxygen atoms in total. The molecule has 0 aromatic heterocycles. The van der Waals surface area contributed by atoms with Gasteiger partial charge in [0.25, 0.3) is 0 Å². The number of rotatable bonds is 6. The predicted molar refractivity (Wildman–Crippen MR) is 82.0 cm³/mol. The van der Waals surface area contributed by atoms with Crippen molar-refractivity contribution in [2.45, 2.75) is 23.5 Å². The summed E-state index contributed by atoms with van der Waals surface area (Å²) < 4.78 is 25.7. The van der Waals surface area contributed by atoms with E-state index in [4.69, 9.17) is 5.21 Å². The van der Waals surface area contributed by atoms with Gasteiger partial charge in [0.2, 0.25) is 0 Å². The van der Waals surface area contributed by atoms with Crippen LogP contribution in [0.2, 0.25) is 0 Å². The Labute approximate surface area is 125 Å². The van der Waals surface area contributed by atoms with Gasteiger partial charge in [0.1, 0.15) is 0 Å². The third-order valence-electron chi connectivity index (χ3n) is 3.41. The summed E-state index contributed by atoms with van der Waals surface area (Å²) in [6.45, 7) is 2.13. The van der Waals surface area contributed by atoms with Gasteiger partial charge in [-0.2, -0.15) is 0 Å². The van der Waals surface area contributed by atoms with E-state index in [0.29, 0.717) is 11.3 Å². The molecule has 2 aromatic carbocycles. The Morgan fingerprint density at radius 3 is 2.24 bits per heavy atom. The summed E-state index contributed by atoms with van der Waals surface area (Å²) in [6, 6.07) is 15.9. The average molecular weight is 305 g/mol. The van der Waals surface area contributed by atoms with Crippen LogP contribution in [0.25, 0.3) is 0 Å². The minimum atomic E-state index is -3.49. The van der Waals surface area contributed by atoms with E-state index in [9.17, 15) is 8.42 Å². The smallest absolute Gasteiger partial charge is 0.185 e. The molecule has 0 aliphatic rings. The Morgan fingerprint density at radius 2 is 1.67 bits per heavy atom. The van der Waals surface area contributed by atoms with E-state index in [1.807, 2.05) is 30.6 Å². The highest BCUT2D eigenvalue weighted by Gasteiger charge is 2.28. The van der Waals surface area contributed by atoms with Crippen LogP contribution in [0.15, 0.2) is 59.5 Å². The number of aryl methyl sites for hydroxylation is 1. The quantitative estimate of drug-likeness (QED) is 0.805. The van der Waals surface area contributed by atoms with Crippen molar-refractivity contribution in [1.82, 2.24) is 5.48 Å². The monoisotopic (exact) mass is 305 g/mol. The van der Waals surface area contributed by atoms with E-state index in [2.05, 4.69) is 0 Å². The van der Waals surface area contributed by atoms with Crippen molar-refractivity contribution in [2.75, 3.05) is 6.54 Å². The lowest BCUT2D eigenvalue weighted by molar-refractivity contribution is 0.165. The molecular formula is C16H19NO3S. The SMILES string of the molecule is Cc1ccc(S(=O)(=O)[C@@H](CCNO)c2ccccc2)cc1. The highest BCUT2D eigenvalue weighted by molar-refractivity contribution is 7.91. The molecule has 0 unspecified atom stereocenters. The maximum atomic E-state index is 12.8. The molecule has 0 aliphatic carbocycles. The number of nitrogens with one attached hydrogen (secondary N) is 1. The molecule has 0 spiro atoms. The summed E-state index contributed by atoms with van der Waals surface area (Å²) in [7, 11) is -3.49. The van der Waals surface area contributed by atoms with Gasteiger partial charge in [-0.25, -0.2) is 13.9 Å². The molecule has 0 fully saturated rings. The lowest BCUT2D eigenvalue weighted by Crippen LogP contribution is -2.19. The molecule has 21 heavy (non-hydrogen) atoms. The highest BCUT2D eigenvalue weighted by atomic mass is 32.2. The van der Waals surface area contributed by atoms with Crippen LogP contribution >= 0.6 is 0 Å². The van der Waals surface area contributed by atoms with Gasteiger partial charge in [-0.1, -0.05) is 48.0 Å². The van der Waals surface area contributed by atoms with Gasteiger partial charge < -0.3 is 5.21 Å². The van der Waals surface area contributed by atoms with E-state index in [1.54, 1.807) is 36.4 Å². The maximum absolute atomic E-state index is 12.8. The topological polar surface area (TPSA) is 66.4 Å². The molecule has 0 radical (unpaired) electrons. The van der Waals surface area contributed by atoms with E-state index in [0.717, 1.165) is 11.1 Å². The van der Waals surface area contributed by atoms with Crippen molar-refractivity contribution >= 4 is 9.84 Å². The number of hydrogen-bond acceptors (Lipinski definition) is 4. The highest BCUT2D eigenvalue weighted by Crippen LogP contribution is 2.31. The van der Waals surface area contributed by atoms with E-state index in [1.165, 1.54) is 0 Å². The Bertz CT molecular complexity index is 666. The average Bonchev–Trinajstić information content (AvgIpc) is 2.49. The predicted octanol–water partition coefficient (Wildman–Crippen LogP) is 2.88. The van der Waals surface area contributed by atoms with Gasteiger partial charge in [0, 0.05) is 6.54 Å². The lowest BCUT2D eigenvalue weighted by atomic mass is 10.1. The van der Waals surface area contributed by atoms with Crippen LogP contribution in [0.5, 0.6) is 0 Å². The molecule has 0 saturated heterocycles. The van der Waals surface area contributed by atoms with Crippen molar-refractivity contribution in [3.63, 3.8) is 0 Å². The number of benzene rings is 2. The van der Waals surface area contributed by atoms with Crippen LogP contribution in [0.3, 0.4) is 0 Å². The molecule has 2 aromatic rings. The lowest BCUT2D eigenvalue weighted by Gasteiger charge is -2.18. The molecule has 1 atom stereocenters. The Kier molecular flexibility index (Phi) is 5.12. The normalized spacial score (nSPS) is 13.0. The zero-order valence-corrected chi connectivity index (χ0v) is 12.7. The van der Waals surface area contributed by atoms with Gasteiger partial charge in [-0.3, -0.25) is 0 Å². The van der Waals surface area contributed by atoms with Gasteiger partial charge in [-0.15, -0.1) is 0 Å². The van der Waals surface area contributed by atoms with Crippen LogP contribution in [0.4, 0.5) is 0 Å². The first-order valence-electron chi connectivity index (χ1n) is 6.78. The minimum Gasteiger partial charge on any atom is -0.317 e. The second-order valence-corrected chi connectivity index (χ2v) is 7.08. The maximum Gasteiger partial charge on any atom is 0.185 e. The van der Waals surface area contributed by atoms with Crippen molar-refractivity contribution in [3.05, 3.63) is 65.7 Å². The third-order valence-corrected chi connectivity index (χ3v) is 5.60. The first-order chi connectivity index (χ1) is 10.1. The van der Waals surface area contributed by atoms with E-state index >= 15 is 0 Å². The van der Waals surface area contributed by atoms with Crippen molar-refractivity contribution in [3.8, 4) is 0 Å². The minimum absolute atomic E-state index is 0.213. The molecule has 2 N–H and O–H groups in total. The molecule has 0 amide bonds. The Hall–Kier alpha value is -1.69. The summed E-state index contributed by atoms with van der Waals surface area (Å²) in [6.07, 6.45) is 0.302.